The zero-order valence-electron chi connectivity index (χ0n) is 10.2. The van der Waals surface area contributed by atoms with Crippen molar-refractivity contribution < 1.29 is 4.79 Å². The van der Waals surface area contributed by atoms with Crippen molar-refractivity contribution in [3.05, 3.63) is 28.2 Å². The summed E-state index contributed by atoms with van der Waals surface area (Å²) in [5.41, 5.74) is 0.0842. The number of benzene rings is 1. The zero-order valence-corrected chi connectivity index (χ0v) is 11.7. The molecule has 5 heteroatoms. The molecule has 1 heterocycles. The molecule has 1 aliphatic rings. The summed E-state index contributed by atoms with van der Waals surface area (Å²) in [6, 6.07) is 5.05. The Bertz CT molecular complexity index is 456. The maximum atomic E-state index is 12.3. The molecule has 0 saturated carbocycles. The highest BCUT2D eigenvalue weighted by atomic mass is 35.5. The Morgan fingerprint density at radius 1 is 1.39 bits per heavy atom. The summed E-state index contributed by atoms with van der Waals surface area (Å²) in [5.74, 6) is -0.0496. The van der Waals surface area contributed by atoms with Crippen molar-refractivity contribution in [1.29, 1.82) is 0 Å². The van der Waals surface area contributed by atoms with Gasteiger partial charge in [0.15, 0.2) is 0 Å². The first-order chi connectivity index (χ1) is 8.51. The summed E-state index contributed by atoms with van der Waals surface area (Å²) in [7, 11) is 0. The number of halogens is 2. The van der Waals surface area contributed by atoms with Crippen molar-refractivity contribution in [3.63, 3.8) is 0 Å². The fraction of sp³-hybridized carbons (Fsp3) is 0.462. The lowest BCUT2D eigenvalue weighted by atomic mass is 9.90. The third kappa shape index (κ3) is 2.97. The molecular formula is C13H16Cl2N2O. The van der Waals surface area contributed by atoms with Crippen LogP contribution in [0.3, 0.4) is 0 Å². The largest absolute Gasteiger partial charge is 0.323 e. The Kier molecular flexibility index (Phi) is 4.15. The molecule has 0 aromatic heterocycles. The van der Waals surface area contributed by atoms with Gasteiger partial charge in [0.25, 0.3) is 0 Å². The van der Waals surface area contributed by atoms with Gasteiger partial charge in [-0.25, -0.2) is 0 Å². The molecule has 0 spiro atoms. The summed E-state index contributed by atoms with van der Waals surface area (Å²) in [6.45, 7) is 2.80. The second-order valence-electron chi connectivity index (χ2n) is 4.79. The predicted octanol–water partition coefficient (Wildman–Crippen LogP) is 3.46. The van der Waals surface area contributed by atoms with Crippen molar-refractivity contribution in [2.45, 2.75) is 31.7 Å². The van der Waals surface area contributed by atoms with Gasteiger partial charge in [0, 0.05) is 5.02 Å². The van der Waals surface area contributed by atoms with Gasteiger partial charge in [-0.1, -0.05) is 23.2 Å². The summed E-state index contributed by atoms with van der Waals surface area (Å²) >= 11 is 11.9. The minimum atomic E-state index is -0.513. The standard InChI is InChI=1S/C13H16Cl2N2O/c1-13(6-2-3-7-16-13)12(18)17-11-5-4-9(14)8-10(11)15/h4-5,8,16H,2-3,6-7H2,1H3,(H,17,18). The number of hydrogen-bond donors (Lipinski definition) is 2. The van der Waals surface area contributed by atoms with Gasteiger partial charge in [0.2, 0.25) is 5.91 Å². The Morgan fingerprint density at radius 2 is 2.17 bits per heavy atom. The molecule has 18 heavy (non-hydrogen) atoms. The van der Waals surface area contributed by atoms with Crippen molar-refractivity contribution >= 4 is 34.8 Å². The van der Waals surface area contributed by atoms with Crippen LogP contribution in [0.1, 0.15) is 26.2 Å². The minimum Gasteiger partial charge on any atom is -0.323 e. The predicted molar refractivity (Wildman–Crippen MR) is 75.4 cm³/mol. The van der Waals surface area contributed by atoms with E-state index in [4.69, 9.17) is 23.2 Å². The fourth-order valence-electron chi connectivity index (χ4n) is 2.10. The Hall–Kier alpha value is -0.770. The van der Waals surface area contributed by atoms with Gasteiger partial charge in [0.05, 0.1) is 16.2 Å². The molecule has 1 aromatic carbocycles. The number of hydrogen-bond acceptors (Lipinski definition) is 2. The van der Waals surface area contributed by atoms with E-state index in [1.807, 2.05) is 6.92 Å². The van der Waals surface area contributed by atoms with Crippen LogP contribution in [0.5, 0.6) is 0 Å². The minimum absolute atomic E-state index is 0.0496. The average Bonchev–Trinajstić information content (AvgIpc) is 2.33. The van der Waals surface area contributed by atoms with Crippen molar-refractivity contribution in [2.75, 3.05) is 11.9 Å². The molecular weight excluding hydrogens is 271 g/mol. The van der Waals surface area contributed by atoms with E-state index in [0.29, 0.717) is 15.7 Å². The first-order valence-corrected chi connectivity index (χ1v) is 6.78. The molecule has 1 fully saturated rings. The van der Waals surface area contributed by atoms with Crippen LogP contribution in [0.15, 0.2) is 18.2 Å². The van der Waals surface area contributed by atoms with Gasteiger partial charge in [0.1, 0.15) is 0 Å². The van der Waals surface area contributed by atoms with Gasteiger partial charge in [-0.3, -0.25) is 4.79 Å². The molecule has 1 atom stereocenters. The lowest BCUT2D eigenvalue weighted by molar-refractivity contribution is -0.122. The lowest BCUT2D eigenvalue weighted by Gasteiger charge is -2.33. The molecule has 0 aliphatic carbocycles. The molecule has 2 rings (SSSR count). The molecule has 1 saturated heterocycles. The number of rotatable bonds is 2. The smallest absolute Gasteiger partial charge is 0.244 e. The van der Waals surface area contributed by atoms with Gasteiger partial charge in [-0.2, -0.15) is 0 Å². The number of piperidine rings is 1. The van der Waals surface area contributed by atoms with E-state index in [-0.39, 0.29) is 5.91 Å². The third-order valence-corrected chi connectivity index (χ3v) is 3.85. The van der Waals surface area contributed by atoms with Gasteiger partial charge < -0.3 is 10.6 Å². The molecule has 3 nitrogen and oxygen atoms in total. The lowest BCUT2D eigenvalue weighted by Crippen LogP contribution is -2.54. The number of carbonyl (C=O) groups is 1. The highest BCUT2D eigenvalue weighted by Gasteiger charge is 2.34. The van der Waals surface area contributed by atoms with Gasteiger partial charge >= 0.3 is 0 Å². The quantitative estimate of drug-likeness (QED) is 0.874. The van der Waals surface area contributed by atoms with Crippen molar-refractivity contribution in [3.8, 4) is 0 Å². The Morgan fingerprint density at radius 3 is 2.78 bits per heavy atom. The molecule has 1 amide bonds. The second kappa shape index (κ2) is 5.47. The molecule has 0 bridgehead atoms. The van der Waals surface area contributed by atoms with E-state index in [1.165, 1.54) is 0 Å². The SMILES string of the molecule is CC1(C(=O)Nc2ccc(Cl)cc2Cl)CCCCN1. The summed E-state index contributed by atoms with van der Waals surface area (Å²) in [4.78, 5) is 12.3. The first kappa shape index (κ1) is 13.7. The number of amides is 1. The monoisotopic (exact) mass is 286 g/mol. The highest BCUT2D eigenvalue weighted by Crippen LogP contribution is 2.27. The van der Waals surface area contributed by atoms with Crippen LogP contribution >= 0.6 is 23.2 Å². The van der Waals surface area contributed by atoms with Crippen LogP contribution in [0.25, 0.3) is 0 Å². The average molecular weight is 287 g/mol. The number of nitrogens with one attached hydrogen (secondary N) is 2. The van der Waals surface area contributed by atoms with E-state index in [2.05, 4.69) is 10.6 Å². The van der Waals surface area contributed by atoms with Crippen LogP contribution in [0, 0.1) is 0 Å². The Balaban J connectivity index is 2.11. The van der Waals surface area contributed by atoms with Crippen LogP contribution in [0.2, 0.25) is 10.0 Å². The van der Waals surface area contributed by atoms with Gasteiger partial charge in [-0.05, 0) is 50.9 Å². The third-order valence-electron chi connectivity index (χ3n) is 3.30. The topological polar surface area (TPSA) is 41.1 Å². The zero-order chi connectivity index (χ0) is 13.2. The fourth-order valence-corrected chi connectivity index (χ4v) is 2.56. The summed E-state index contributed by atoms with van der Waals surface area (Å²) < 4.78 is 0. The maximum absolute atomic E-state index is 12.3. The molecule has 1 unspecified atom stereocenters. The van der Waals surface area contributed by atoms with E-state index < -0.39 is 5.54 Å². The van der Waals surface area contributed by atoms with E-state index in [1.54, 1.807) is 18.2 Å². The van der Waals surface area contributed by atoms with E-state index >= 15 is 0 Å². The highest BCUT2D eigenvalue weighted by molar-refractivity contribution is 6.36. The molecule has 1 aliphatic heterocycles. The van der Waals surface area contributed by atoms with Crippen LogP contribution < -0.4 is 10.6 Å². The van der Waals surface area contributed by atoms with Crippen molar-refractivity contribution in [1.82, 2.24) is 5.32 Å². The van der Waals surface area contributed by atoms with E-state index in [9.17, 15) is 4.79 Å². The summed E-state index contributed by atoms with van der Waals surface area (Å²) in [5, 5.41) is 7.13. The maximum Gasteiger partial charge on any atom is 0.244 e. The normalized spacial score (nSPS) is 23.7. The van der Waals surface area contributed by atoms with Crippen molar-refractivity contribution in [2.24, 2.45) is 0 Å². The molecule has 0 radical (unpaired) electrons. The summed E-state index contributed by atoms with van der Waals surface area (Å²) in [6.07, 6.45) is 3.01. The Labute approximate surface area is 117 Å². The second-order valence-corrected chi connectivity index (χ2v) is 5.64. The number of carbonyl (C=O) groups excluding carboxylic acids is 1. The van der Waals surface area contributed by atoms with Crippen LogP contribution in [0.4, 0.5) is 5.69 Å². The van der Waals surface area contributed by atoms with E-state index in [0.717, 1.165) is 25.8 Å². The molecule has 98 valence electrons. The molecule has 2 N–H and O–H groups in total. The van der Waals surface area contributed by atoms with Crippen LogP contribution in [-0.4, -0.2) is 18.0 Å². The van der Waals surface area contributed by atoms with Crippen LogP contribution in [-0.2, 0) is 4.79 Å². The van der Waals surface area contributed by atoms with Gasteiger partial charge in [-0.15, -0.1) is 0 Å². The molecule has 1 aromatic rings. The first-order valence-electron chi connectivity index (χ1n) is 6.03. The number of anilines is 1.